The maximum Gasteiger partial charge on any atom is 0.274 e. The Morgan fingerprint density at radius 3 is 2.90 bits per heavy atom. The van der Waals surface area contributed by atoms with Crippen molar-refractivity contribution in [1.29, 1.82) is 0 Å². The van der Waals surface area contributed by atoms with Gasteiger partial charge in [-0.3, -0.25) is 4.79 Å². The van der Waals surface area contributed by atoms with Crippen LogP contribution in [-0.4, -0.2) is 23.4 Å². The van der Waals surface area contributed by atoms with Gasteiger partial charge in [-0.1, -0.05) is 30.3 Å². The Morgan fingerprint density at radius 1 is 1.35 bits per heavy atom. The lowest BCUT2D eigenvalue weighted by molar-refractivity contribution is 0.116. The number of rotatable bonds is 3. The molecule has 0 bridgehead atoms. The highest BCUT2D eigenvalue weighted by atomic mass is 16.5. The second kappa shape index (κ2) is 5.46. The highest BCUT2D eigenvalue weighted by Gasteiger charge is 2.20. The van der Waals surface area contributed by atoms with E-state index in [-0.39, 0.29) is 12.3 Å². The van der Waals surface area contributed by atoms with Crippen LogP contribution < -0.4 is 10.9 Å². The van der Waals surface area contributed by atoms with Crippen LogP contribution >= 0.6 is 0 Å². The molecular formula is C15H17N3O2. The SMILES string of the molecule is COCn1nc(-c2ccccc2)c2c(c1=O)CCCN2. The van der Waals surface area contributed by atoms with E-state index in [1.807, 2.05) is 30.3 Å². The van der Waals surface area contributed by atoms with Crippen molar-refractivity contribution in [1.82, 2.24) is 9.78 Å². The van der Waals surface area contributed by atoms with E-state index in [9.17, 15) is 4.79 Å². The molecule has 2 heterocycles. The van der Waals surface area contributed by atoms with Gasteiger partial charge in [0.1, 0.15) is 12.4 Å². The van der Waals surface area contributed by atoms with Crippen LogP contribution in [0.5, 0.6) is 0 Å². The summed E-state index contributed by atoms with van der Waals surface area (Å²) in [5.41, 5.74) is 3.44. The number of methoxy groups -OCH3 is 1. The summed E-state index contributed by atoms with van der Waals surface area (Å²) < 4.78 is 6.47. The summed E-state index contributed by atoms with van der Waals surface area (Å²) in [5, 5.41) is 7.79. The van der Waals surface area contributed by atoms with Crippen molar-refractivity contribution in [3.05, 3.63) is 46.2 Å². The van der Waals surface area contributed by atoms with Gasteiger partial charge in [-0.25, -0.2) is 4.68 Å². The first-order valence-corrected chi connectivity index (χ1v) is 6.73. The van der Waals surface area contributed by atoms with Gasteiger partial charge in [-0.05, 0) is 12.8 Å². The summed E-state index contributed by atoms with van der Waals surface area (Å²) >= 11 is 0. The summed E-state index contributed by atoms with van der Waals surface area (Å²) in [4.78, 5) is 12.4. The molecule has 0 spiro atoms. The molecule has 3 rings (SSSR count). The molecule has 104 valence electrons. The maximum atomic E-state index is 12.4. The summed E-state index contributed by atoms with van der Waals surface area (Å²) in [5.74, 6) is 0. The van der Waals surface area contributed by atoms with E-state index in [0.29, 0.717) is 0 Å². The van der Waals surface area contributed by atoms with Crippen molar-refractivity contribution in [2.45, 2.75) is 19.6 Å². The first-order chi connectivity index (χ1) is 9.81. The Bertz CT molecular complexity index is 665. The number of fused-ring (bicyclic) bond motifs is 1. The number of ether oxygens (including phenoxy) is 1. The molecule has 0 atom stereocenters. The molecule has 0 fully saturated rings. The molecule has 0 aliphatic carbocycles. The van der Waals surface area contributed by atoms with Crippen LogP contribution in [0.15, 0.2) is 35.1 Å². The Hall–Kier alpha value is -2.14. The van der Waals surface area contributed by atoms with E-state index in [1.54, 1.807) is 7.11 Å². The zero-order chi connectivity index (χ0) is 13.9. The van der Waals surface area contributed by atoms with Gasteiger partial charge in [-0.15, -0.1) is 0 Å². The number of nitrogens with zero attached hydrogens (tertiary/aromatic N) is 2. The van der Waals surface area contributed by atoms with Crippen molar-refractivity contribution in [2.24, 2.45) is 0 Å². The standard InChI is InChI=1S/C15H17N3O2/c1-20-10-18-15(19)12-8-5-9-16-14(12)13(17-18)11-6-3-2-4-7-11/h2-4,6-7,16H,5,8-10H2,1H3. The molecule has 0 saturated carbocycles. The van der Waals surface area contributed by atoms with Gasteiger partial charge >= 0.3 is 0 Å². The molecular weight excluding hydrogens is 254 g/mol. The van der Waals surface area contributed by atoms with Crippen LogP contribution in [0.4, 0.5) is 5.69 Å². The summed E-state index contributed by atoms with van der Waals surface area (Å²) in [7, 11) is 1.56. The van der Waals surface area contributed by atoms with Gasteiger partial charge in [0.25, 0.3) is 5.56 Å². The van der Waals surface area contributed by atoms with Crippen LogP contribution in [0.2, 0.25) is 0 Å². The molecule has 1 aromatic heterocycles. The molecule has 1 aromatic carbocycles. The molecule has 0 radical (unpaired) electrons. The van der Waals surface area contributed by atoms with E-state index in [2.05, 4.69) is 10.4 Å². The molecule has 5 nitrogen and oxygen atoms in total. The average Bonchev–Trinajstić information content (AvgIpc) is 2.51. The Morgan fingerprint density at radius 2 is 2.15 bits per heavy atom. The fourth-order valence-corrected chi connectivity index (χ4v) is 2.53. The van der Waals surface area contributed by atoms with Gasteiger partial charge in [0.05, 0.1) is 5.69 Å². The van der Waals surface area contributed by atoms with Gasteiger partial charge in [0, 0.05) is 24.8 Å². The van der Waals surface area contributed by atoms with Crippen LogP contribution in [0.3, 0.4) is 0 Å². The highest BCUT2D eigenvalue weighted by Crippen LogP contribution is 2.29. The molecule has 0 amide bonds. The van der Waals surface area contributed by atoms with Crippen LogP contribution in [-0.2, 0) is 17.9 Å². The van der Waals surface area contributed by atoms with Crippen LogP contribution in [0.1, 0.15) is 12.0 Å². The lowest BCUT2D eigenvalue weighted by Gasteiger charge is -2.21. The fraction of sp³-hybridized carbons (Fsp3) is 0.333. The van der Waals surface area contributed by atoms with E-state index in [1.165, 1.54) is 4.68 Å². The molecule has 1 aliphatic rings. The fourth-order valence-electron chi connectivity index (χ4n) is 2.53. The maximum absolute atomic E-state index is 12.4. The second-order valence-corrected chi connectivity index (χ2v) is 4.82. The number of hydrogen-bond donors (Lipinski definition) is 1. The monoisotopic (exact) mass is 271 g/mol. The Balaban J connectivity index is 2.22. The minimum atomic E-state index is -0.0614. The van der Waals surface area contributed by atoms with Crippen molar-refractivity contribution < 1.29 is 4.74 Å². The molecule has 20 heavy (non-hydrogen) atoms. The molecule has 2 aromatic rings. The van der Waals surface area contributed by atoms with Gasteiger partial charge < -0.3 is 10.1 Å². The number of hydrogen-bond acceptors (Lipinski definition) is 4. The molecule has 1 N–H and O–H groups in total. The number of benzene rings is 1. The third-order valence-electron chi connectivity index (χ3n) is 3.46. The Kier molecular flexibility index (Phi) is 3.52. The van der Waals surface area contributed by atoms with E-state index in [4.69, 9.17) is 4.74 Å². The number of anilines is 1. The zero-order valence-corrected chi connectivity index (χ0v) is 11.4. The van der Waals surface area contributed by atoms with Crippen molar-refractivity contribution in [3.8, 4) is 11.3 Å². The van der Waals surface area contributed by atoms with Crippen molar-refractivity contribution in [2.75, 3.05) is 19.0 Å². The zero-order valence-electron chi connectivity index (χ0n) is 11.4. The number of aromatic nitrogens is 2. The predicted molar refractivity (Wildman–Crippen MR) is 77.8 cm³/mol. The smallest absolute Gasteiger partial charge is 0.274 e. The quantitative estimate of drug-likeness (QED) is 0.926. The van der Waals surface area contributed by atoms with Gasteiger partial charge in [0.2, 0.25) is 0 Å². The van der Waals surface area contributed by atoms with Crippen molar-refractivity contribution >= 4 is 5.69 Å². The molecule has 1 aliphatic heterocycles. The minimum absolute atomic E-state index is 0.0614. The minimum Gasteiger partial charge on any atom is -0.383 e. The number of nitrogens with one attached hydrogen (secondary N) is 1. The first-order valence-electron chi connectivity index (χ1n) is 6.73. The van der Waals surface area contributed by atoms with Crippen LogP contribution in [0, 0.1) is 0 Å². The summed E-state index contributed by atoms with van der Waals surface area (Å²) in [6.07, 6.45) is 1.75. The second-order valence-electron chi connectivity index (χ2n) is 4.82. The lowest BCUT2D eigenvalue weighted by Crippen LogP contribution is -2.31. The normalized spacial score (nSPS) is 13.7. The summed E-state index contributed by atoms with van der Waals surface area (Å²) in [6, 6.07) is 9.91. The lowest BCUT2D eigenvalue weighted by atomic mass is 10.0. The average molecular weight is 271 g/mol. The van der Waals surface area contributed by atoms with Crippen LogP contribution in [0.25, 0.3) is 11.3 Å². The topological polar surface area (TPSA) is 56.2 Å². The first kappa shape index (κ1) is 12.9. The van der Waals surface area contributed by atoms with Gasteiger partial charge in [-0.2, -0.15) is 5.10 Å². The van der Waals surface area contributed by atoms with Crippen molar-refractivity contribution in [3.63, 3.8) is 0 Å². The Labute approximate surface area is 117 Å². The molecule has 0 unspecified atom stereocenters. The molecule has 5 heteroatoms. The van der Waals surface area contributed by atoms with E-state index < -0.39 is 0 Å². The highest BCUT2D eigenvalue weighted by molar-refractivity contribution is 5.76. The van der Waals surface area contributed by atoms with Gasteiger partial charge in [0.15, 0.2) is 0 Å². The van der Waals surface area contributed by atoms with E-state index >= 15 is 0 Å². The summed E-state index contributed by atoms with van der Waals surface area (Å²) in [6.45, 7) is 1.05. The third-order valence-corrected chi connectivity index (χ3v) is 3.46. The predicted octanol–water partition coefficient (Wildman–Crippen LogP) is 1.87. The molecule has 0 saturated heterocycles. The third kappa shape index (κ3) is 2.20. The largest absolute Gasteiger partial charge is 0.383 e. The van der Waals surface area contributed by atoms with E-state index in [0.717, 1.165) is 41.9 Å².